The molecule has 0 aromatic heterocycles. The third kappa shape index (κ3) is 2.44. The van der Waals surface area contributed by atoms with E-state index in [1.807, 2.05) is 6.08 Å². The van der Waals surface area contributed by atoms with Crippen LogP contribution in [0.15, 0.2) is 28.0 Å². The van der Waals surface area contributed by atoms with Crippen LogP contribution in [0.25, 0.3) is 6.08 Å². The van der Waals surface area contributed by atoms with Crippen molar-refractivity contribution >= 4 is 28.6 Å². The number of hydrogen-bond acceptors (Lipinski definition) is 6. The van der Waals surface area contributed by atoms with Crippen molar-refractivity contribution in [1.29, 1.82) is 5.26 Å². The van der Waals surface area contributed by atoms with Crippen molar-refractivity contribution in [3.8, 4) is 6.07 Å². The average Bonchev–Trinajstić information content (AvgIpc) is 3.11. The van der Waals surface area contributed by atoms with E-state index in [4.69, 9.17) is 13.6 Å². The number of nitriles is 1. The number of fused-ring (bicyclic) bond motifs is 2. The van der Waals surface area contributed by atoms with Crippen molar-refractivity contribution in [2.45, 2.75) is 24.7 Å². The van der Waals surface area contributed by atoms with Crippen molar-refractivity contribution in [3.05, 3.63) is 34.2 Å². The summed E-state index contributed by atoms with van der Waals surface area (Å²) in [5.41, 5.74) is 1.34. The molecule has 0 N–H and O–H groups in total. The molecule has 0 bridgehead atoms. The fourth-order valence-electron chi connectivity index (χ4n) is 3.69. The molecule has 3 aliphatic rings. The Morgan fingerprint density at radius 1 is 1.24 bits per heavy atom. The van der Waals surface area contributed by atoms with Crippen molar-refractivity contribution < 1.29 is 18.0 Å². The highest BCUT2D eigenvalue weighted by Crippen LogP contribution is 2.73. The Morgan fingerprint density at radius 3 is 2.52 bits per heavy atom. The highest BCUT2D eigenvalue weighted by atomic mass is 32.3. The van der Waals surface area contributed by atoms with E-state index in [0.717, 1.165) is 42.9 Å². The van der Waals surface area contributed by atoms with Gasteiger partial charge in [0.2, 0.25) is 0 Å². The van der Waals surface area contributed by atoms with Gasteiger partial charge in [-0.3, -0.25) is 0 Å². The molecule has 0 radical (unpaired) electrons. The summed E-state index contributed by atoms with van der Waals surface area (Å²) >= 11 is 0. The standard InChI is InChI=1S/C18H18N2O4S/c1-2-20-7-5-13(6-8-20)16-10-14-9-12(11-19)3-4-15(14)25(16)23-17(21)18(22)24-25/h3-4,9-10,13H,2,5-8H2,1H3. The van der Waals surface area contributed by atoms with Gasteiger partial charge >= 0.3 is 11.9 Å². The first kappa shape index (κ1) is 16.2. The van der Waals surface area contributed by atoms with E-state index < -0.39 is 22.5 Å². The summed E-state index contributed by atoms with van der Waals surface area (Å²) in [6, 6.07) is 7.30. The zero-order valence-electron chi connectivity index (χ0n) is 13.9. The molecule has 6 nitrogen and oxygen atoms in total. The van der Waals surface area contributed by atoms with Gasteiger partial charge in [-0.15, -0.1) is 0 Å². The first-order valence-corrected chi connectivity index (χ1v) is 9.84. The van der Waals surface area contributed by atoms with E-state index >= 15 is 0 Å². The molecule has 0 amide bonds. The van der Waals surface area contributed by atoms with Gasteiger partial charge in [0.05, 0.1) is 21.4 Å². The molecule has 1 aromatic rings. The lowest BCUT2D eigenvalue weighted by Gasteiger charge is -2.40. The minimum Gasteiger partial charge on any atom is -0.325 e. The molecule has 1 aromatic carbocycles. The molecule has 2 fully saturated rings. The predicted molar refractivity (Wildman–Crippen MR) is 92.0 cm³/mol. The quantitative estimate of drug-likeness (QED) is 0.756. The molecule has 2 saturated heterocycles. The fraction of sp³-hybridized carbons (Fsp3) is 0.389. The van der Waals surface area contributed by atoms with Crippen LogP contribution in [-0.2, 0) is 18.0 Å². The van der Waals surface area contributed by atoms with Gasteiger partial charge in [-0.1, -0.05) is 17.5 Å². The van der Waals surface area contributed by atoms with Crippen LogP contribution in [0, 0.1) is 17.2 Å². The first-order valence-electron chi connectivity index (χ1n) is 8.36. The molecular weight excluding hydrogens is 340 g/mol. The van der Waals surface area contributed by atoms with Crippen LogP contribution < -0.4 is 0 Å². The van der Waals surface area contributed by atoms with Gasteiger partial charge in [-0.05, 0) is 56.8 Å². The first-order chi connectivity index (χ1) is 12.1. The maximum Gasteiger partial charge on any atom is 0.441 e. The highest BCUT2D eigenvalue weighted by Gasteiger charge is 2.51. The van der Waals surface area contributed by atoms with E-state index in [-0.39, 0.29) is 5.92 Å². The fourth-order valence-corrected chi connectivity index (χ4v) is 6.54. The molecule has 7 heteroatoms. The smallest absolute Gasteiger partial charge is 0.325 e. The van der Waals surface area contributed by atoms with E-state index in [9.17, 15) is 9.59 Å². The molecule has 0 saturated carbocycles. The summed E-state index contributed by atoms with van der Waals surface area (Å²) in [6.45, 7) is 5.09. The van der Waals surface area contributed by atoms with Gasteiger partial charge in [0, 0.05) is 11.5 Å². The third-order valence-electron chi connectivity index (χ3n) is 5.03. The third-order valence-corrected chi connectivity index (χ3v) is 7.82. The van der Waals surface area contributed by atoms with Gasteiger partial charge in [-0.2, -0.15) is 5.26 Å². The van der Waals surface area contributed by atoms with Crippen LogP contribution in [0.1, 0.15) is 30.9 Å². The van der Waals surface area contributed by atoms with Crippen LogP contribution in [0.4, 0.5) is 0 Å². The number of rotatable bonds is 2. The largest absolute Gasteiger partial charge is 0.441 e. The van der Waals surface area contributed by atoms with Gasteiger partial charge in [0.15, 0.2) is 0 Å². The average molecular weight is 358 g/mol. The molecule has 1 spiro atoms. The molecule has 25 heavy (non-hydrogen) atoms. The second-order valence-corrected chi connectivity index (χ2v) is 8.62. The van der Waals surface area contributed by atoms with Gasteiger partial charge in [0.1, 0.15) is 0 Å². The molecule has 0 aliphatic carbocycles. The van der Waals surface area contributed by atoms with Crippen molar-refractivity contribution in [3.63, 3.8) is 0 Å². The predicted octanol–water partition coefficient (Wildman–Crippen LogP) is 2.74. The maximum atomic E-state index is 11.8. The molecule has 4 rings (SSSR count). The zero-order chi connectivity index (χ0) is 17.6. The van der Waals surface area contributed by atoms with Gasteiger partial charge in [0.25, 0.3) is 0 Å². The zero-order valence-corrected chi connectivity index (χ0v) is 14.7. The Labute approximate surface area is 147 Å². The van der Waals surface area contributed by atoms with Gasteiger partial charge in [-0.25, -0.2) is 9.59 Å². The maximum absolute atomic E-state index is 11.8. The molecule has 0 atom stereocenters. The van der Waals surface area contributed by atoms with E-state index in [2.05, 4.69) is 17.9 Å². The minimum absolute atomic E-state index is 0.203. The molecule has 3 heterocycles. The number of carbonyl (C=O) groups excluding carboxylic acids is 2. The Bertz CT molecular complexity index is 818. The number of nitrogens with zero attached hydrogens (tertiary/aromatic N) is 2. The van der Waals surface area contributed by atoms with E-state index in [0.29, 0.717) is 10.5 Å². The van der Waals surface area contributed by atoms with E-state index in [1.54, 1.807) is 18.2 Å². The second-order valence-electron chi connectivity index (χ2n) is 6.36. The Balaban J connectivity index is 1.75. The lowest BCUT2D eigenvalue weighted by atomic mass is 9.95. The van der Waals surface area contributed by atoms with E-state index in [1.165, 1.54) is 0 Å². The number of benzene rings is 1. The second kappa shape index (κ2) is 5.90. The summed E-state index contributed by atoms with van der Waals surface area (Å²) in [4.78, 5) is 27.6. The lowest BCUT2D eigenvalue weighted by Crippen LogP contribution is -2.34. The van der Waals surface area contributed by atoms with Crippen molar-refractivity contribution in [2.24, 2.45) is 5.92 Å². The summed E-state index contributed by atoms with van der Waals surface area (Å²) in [6.07, 6.45) is 3.83. The number of hydrogen-bond donors (Lipinski definition) is 0. The Kier molecular flexibility index (Phi) is 3.82. The molecule has 130 valence electrons. The lowest BCUT2D eigenvalue weighted by molar-refractivity contribution is -0.150. The van der Waals surface area contributed by atoms with Crippen molar-refractivity contribution in [1.82, 2.24) is 4.90 Å². The summed E-state index contributed by atoms with van der Waals surface area (Å²) < 4.78 is 11.1. The monoisotopic (exact) mass is 358 g/mol. The summed E-state index contributed by atoms with van der Waals surface area (Å²) in [7, 11) is -2.54. The van der Waals surface area contributed by atoms with Crippen LogP contribution in [-0.4, -0.2) is 36.5 Å². The Morgan fingerprint density at radius 2 is 1.92 bits per heavy atom. The van der Waals surface area contributed by atoms with Crippen LogP contribution in [0.5, 0.6) is 0 Å². The number of likely N-dealkylation sites (tertiary alicyclic amines) is 1. The van der Waals surface area contributed by atoms with Crippen molar-refractivity contribution in [2.75, 3.05) is 19.6 Å². The highest BCUT2D eigenvalue weighted by molar-refractivity contribution is 8.30. The SMILES string of the molecule is CCN1CCC(C2=Cc3cc(C#N)ccc3S23OC(=O)C(=O)O3)CC1. The number of carbonyl (C=O) groups is 2. The number of piperidine rings is 1. The molecule has 0 unspecified atom stereocenters. The summed E-state index contributed by atoms with van der Waals surface area (Å²) in [5, 5.41) is 9.14. The Hall–Kier alpha value is -2.30. The molecule has 3 aliphatic heterocycles. The molecular formula is C18H18N2O4S. The van der Waals surface area contributed by atoms with Crippen LogP contribution in [0.2, 0.25) is 0 Å². The normalized spacial score (nSPS) is 23.6. The summed E-state index contributed by atoms with van der Waals surface area (Å²) in [5.74, 6) is -1.65. The van der Waals surface area contributed by atoms with Crippen LogP contribution in [0.3, 0.4) is 0 Å². The van der Waals surface area contributed by atoms with Crippen LogP contribution >= 0.6 is 10.6 Å². The van der Waals surface area contributed by atoms with Gasteiger partial charge < -0.3 is 13.3 Å². The topological polar surface area (TPSA) is 79.6 Å². The number of allylic oxidation sites excluding steroid dienone is 1. The minimum atomic E-state index is -2.54.